The van der Waals surface area contributed by atoms with E-state index in [0.717, 1.165) is 11.5 Å². The molecule has 0 unspecified atom stereocenters. The topological polar surface area (TPSA) is 60.7 Å². The zero-order valence-corrected chi connectivity index (χ0v) is 10.5. The Hall–Kier alpha value is -2.25. The van der Waals surface area contributed by atoms with Gasteiger partial charge in [-0.1, -0.05) is 11.6 Å². The highest BCUT2D eigenvalue weighted by Crippen LogP contribution is 2.26. The van der Waals surface area contributed by atoms with E-state index in [4.69, 9.17) is 16.9 Å². The Balaban J connectivity index is 2.30. The Morgan fingerprint density at radius 3 is 2.83 bits per heavy atom. The van der Waals surface area contributed by atoms with Gasteiger partial charge in [-0.3, -0.25) is 0 Å². The lowest BCUT2D eigenvalue weighted by Gasteiger charge is -2.09. The minimum absolute atomic E-state index is 0.560. The quantitative estimate of drug-likeness (QED) is 0.886. The maximum Gasteiger partial charge on any atom is 0.127 e. The van der Waals surface area contributed by atoms with Crippen LogP contribution in [0.25, 0.3) is 0 Å². The highest BCUT2D eigenvalue weighted by atomic mass is 35.5. The Morgan fingerprint density at radius 1 is 1.28 bits per heavy atom. The smallest absolute Gasteiger partial charge is 0.127 e. The average Bonchev–Trinajstić information content (AvgIpc) is 2.41. The normalized spacial score (nSPS) is 9.61. The van der Waals surface area contributed by atoms with Crippen LogP contribution in [0.3, 0.4) is 0 Å². The van der Waals surface area contributed by atoms with E-state index in [0.29, 0.717) is 16.3 Å². The van der Waals surface area contributed by atoms with E-state index in [1.807, 2.05) is 12.1 Å². The maximum atomic E-state index is 8.86. The van der Waals surface area contributed by atoms with Crippen LogP contribution in [-0.4, -0.2) is 12.0 Å². The summed E-state index contributed by atoms with van der Waals surface area (Å²) in [5.74, 6) is 0.757. The van der Waals surface area contributed by atoms with Crippen molar-refractivity contribution in [1.29, 1.82) is 5.26 Å². The third-order valence-corrected chi connectivity index (χ3v) is 2.72. The van der Waals surface area contributed by atoms with E-state index in [2.05, 4.69) is 21.7 Å². The van der Waals surface area contributed by atoms with Crippen molar-refractivity contribution >= 4 is 28.8 Å². The molecule has 0 fully saturated rings. The van der Waals surface area contributed by atoms with Crippen molar-refractivity contribution in [1.82, 2.24) is 4.98 Å². The van der Waals surface area contributed by atoms with E-state index >= 15 is 0 Å². The largest absolute Gasteiger partial charge is 0.373 e. The second-order valence-corrected chi connectivity index (χ2v) is 4.02. The molecule has 5 heteroatoms. The number of benzene rings is 1. The molecular weight excluding hydrogens is 248 g/mol. The van der Waals surface area contributed by atoms with Gasteiger partial charge in [-0.2, -0.15) is 5.26 Å². The molecule has 4 nitrogen and oxygen atoms in total. The van der Waals surface area contributed by atoms with Crippen molar-refractivity contribution in [3.63, 3.8) is 0 Å². The summed E-state index contributed by atoms with van der Waals surface area (Å²) in [5, 5.41) is 15.5. The molecule has 1 aromatic carbocycles. The van der Waals surface area contributed by atoms with Crippen molar-refractivity contribution in [3.05, 3.63) is 47.1 Å². The summed E-state index contributed by atoms with van der Waals surface area (Å²) in [5.41, 5.74) is 2.11. The van der Waals surface area contributed by atoms with Gasteiger partial charge in [-0.25, -0.2) is 4.98 Å². The van der Waals surface area contributed by atoms with Gasteiger partial charge in [0.1, 0.15) is 5.82 Å². The summed E-state index contributed by atoms with van der Waals surface area (Å²) in [6.07, 6.45) is 1.69. The van der Waals surface area contributed by atoms with E-state index in [-0.39, 0.29) is 0 Å². The van der Waals surface area contributed by atoms with Crippen molar-refractivity contribution in [2.24, 2.45) is 0 Å². The van der Waals surface area contributed by atoms with Gasteiger partial charge in [0.05, 0.1) is 22.3 Å². The summed E-state index contributed by atoms with van der Waals surface area (Å²) in [4.78, 5) is 4.12. The number of nitrogens with zero attached hydrogens (tertiary/aromatic N) is 2. The van der Waals surface area contributed by atoms with E-state index in [1.54, 1.807) is 31.4 Å². The Morgan fingerprint density at radius 2 is 2.11 bits per heavy atom. The van der Waals surface area contributed by atoms with Crippen LogP contribution in [0.15, 0.2) is 36.5 Å². The highest BCUT2D eigenvalue weighted by molar-refractivity contribution is 6.33. The molecule has 2 aromatic rings. The molecule has 90 valence electrons. The van der Waals surface area contributed by atoms with Crippen LogP contribution in [0.2, 0.25) is 5.02 Å². The molecule has 18 heavy (non-hydrogen) atoms. The fourth-order valence-corrected chi connectivity index (χ4v) is 1.66. The maximum absolute atomic E-state index is 8.86. The lowest BCUT2D eigenvalue weighted by Crippen LogP contribution is -1.96. The van der Waals surface area contributed by atoms with Gasteiger partial charge in [0.2, 0.25) is 0 Å². The first-order valence-electron chi connectivity index (χ1n) is 5.33. The fourth-order valence-electron chi connectivity index (χ4n) is 1.49. The van der Waals surface area contributed by atoms with Crippen LogP contribution >= 0.6 is 11.6 Å². The summed E-state index contributed by atoms with van der Waals surface area (Å²) in [6.45, 7) is 0. The molecule has 2 N–H and O–H groups in total. The van der Waals surface area contributed by atoms with Crippen LogP contribution in [0.5, 0.6) is 0 Å². The molecule has 0 aliphatic rings. The predicted octanol–water partition coefficient (Wildman–Crippen LogP) is 3.39. The SMILES string of the molecule is CNc1cc(Nc2cc(C#N)ccc2Cl)ccn1. The molecule has 1 aromatic heterocycles. The zero-order chi connectivity index (χ0) is 13.0. The molecule has 2 rings (SSSR count). The van der Waals surface area contributed by atoms with Gasteiger partial charge in [-0.05, 0) is 24.3 Å². The minimum atomic E-state index is 0.560. The van der Waals surface area contributed by atoms with Crippen LogP contribution < -0.4 is 10.6 Å². The van der Waals surface area contributed by atoms with E-state index < -0.39 is 0 Å². The summed E-state index contributed by atoms with van der Waals surface area (Å²) < 4.78 is 0. The van der Waals surface area contributed by atoms with Crippen LogP contribution in [-0.2, 0) is 0 Å². The number of anilines is 3. The average molecular weight is 259 g/mol. The van der Waals surface area contributed by atoms with Crippen LogP contribution in [0, 0.1) is 11.3 Å². The summed E-state index contributed by atoms with van der Waals surface area (Å²) >= 11 is 6.07. The second kappa shape index (κ2) is 5.39. The van der Waals surface area contributed by atoms with Crippen molar-refractivity contribution in [2.45, 2.75) is 0 Å². The van der Waals surface area contributed by atoms with Crippen molar-refractivity contribution in [2.75, 3.05) is 17.7 Å². The fraction of sp³-hybridized carbons (Fsp3) is 0.0769. The second-order valence-electron chi connectivity index (χ2n) is 3.61. The molecule has 0 saturated carbocycles. The number of hydrogen-bond donors (Lipinski definition) is 2. The van der Waals surface area contributed by atoms with Gasteiger partial charge in [0.15, 0.2) is 0 Å². The molecule has 0 atom stereocenters. The molecule has 1 heterocycles. The van der Waals surface area contributed by atoms with Gasteiger partial charge in [0.25, 0.3) is 0 Å². The monoisotopic (exact) mass is 258 g/mol. The zero-order valence-electron chi connectivity index (χ0n) is 9.74. The van der Waals surface area contributed by atoms with Crippen LogP contribution in [0.1, 0.15) is 5.56 Å². The molecule has 0 aliphatic carbocycles. The van der Waals surface area contributed by atoms with Crippen molar-refractivity contribution in [3.8, 4) is 6.07 Å². The Bertz CT molecular complexity index is 604. The van der Waals surface area contributed by atoms with Crippen molar-refractivity contribution < 1.29 is 0 Å². The Labute approximate surface area is 110 Å². The van der Waals surface area contributed by atoms with Crippen LogP contribution in [0.4, 0.5) is 17.2 Å². The lowest BCUT2D eigenvalue weighted by atomic mass is 10.2. The molecule has 0 saturated heterocycles. The standard InChI is InChI=1S/C13H11ClN4/c1-16-13-7-10(4-5-17-13)18-12-6-9(8-15)2-3-11(12)14/h2-7H,1H3,(H2,16,17,18). The predicted molar refractivity (Wildman–Crippen MR) is 73.2 cm³/mol. The minimum Gasteiger partial charge on any atom is -0.373 e. The first kappa shape index (κ1) is 12.2. The van der Waals surface area contributed by atoms with E-state index in [1.165, 1.54) is 0 Å². The highest BCUT2D eigenvalue weighted by Gasteiger charge is 2.03. The number of halogens is 1. The molecule has 0 bridgehead atoms. The number of hydrogen-bond acceptors (Lipinski definition) is 4. The first-order valence-corrected chi connectivity index (χ1v) is 5.71. The van der Waals surface area contributed by atoms with Gasteiger partial charge >= 0.3 is 0 Å². The lowest BCUT2D eigenvalue weighted by molar-refractivity contribution is 1.28. The Kier molecular flexibility index (Phi) is 3.66. The van der Waals surface area contributed by atoms with E-state index in [9.17, 15) is 0 Å². The number of nitrogens with one attached hydrogen (secondary N) is 2. The van der Waals surface area contributed by atoms with Gasteiger partial charge in [-0.15, -0.1) is 0 Å². The molecule has 0 aliphatic heterocycles. The number of nitriles is 1. The number of rotatable bonds is 3. The van der Waals surface area contributed by atoms with Gasteiger partial charge in [0, 0.05) is 25.0 Å². The molecule has 0 radical (unpaired) electrons. The first-order chi connectivity index (χ1) is 8.72. The number of pyridine rings is 1. The van der Waals surface area contributed by atoms with Gasteiger partial charge < -0.3 is 10.6 Å². The molecule has 0 spiro atoms. The third kappa shape index (κ3) is 2.70. The summed E-state index contributed by atoms with van der Waals surface area (Å²) in [7, 11) is 1.80. The molecular formula is C13H11ClN4. The summed E-state index contributed by atoms with van der Waals surface area (Å²) in [6, 6.07) is 10.9. The third-order valence-electron chi connectivity index (χ3n) is 2.39. The number of aromatic nitrogens is 1. The molecule has 0 amide bonds.